The van der Waals surface area contributed by atoms with Crippen LogP contribution in [0.5, 0.6) is 0 Å². The van der Waals surface area contributed by atoms with Crippen LogP contribution in [0.15, 0.2) is 146 Å². The second kappa shape index (κ2) is 8.51. The monoisotopic (exact) mass is 462 g/mol. The number of hydrogen-bond acceptors (Lipinski definition) is 1. The Bertz CT molecular complexity index is 1110. The first-order valence-corrected chi connectivity index (χ1v) is 13.9. The average molecular weight is 462 g/mol. The zero-order valence-electron chi connectivity index (χ0n) is 18.2. The quantitative estimate of drug-likeness (QED) is 0.261. The van der Waals surface area contributed by atoms with Gasteiger partial charge in [0.2, 0.25) is 0 Å². The summed E-state index contributed by atoms with van der Waals surface area (Å²) >= 11 is 0. The van der Waals surface area contributed by atoms with Gasteiger partial charge in [0, 0.05) is 0 Å². The minimum absolute atomic E-state index is 0.378. The third kappa shape index (κ3) is 3.44. The van der Waals surface area contributed by atoms with Crippen LogP contribution in [0.1, 0.15) is 0 Å². The fourth-order valence-electron chi connectivity index (χ4n) is 4.82. The molecule has 0 spiro atoms. The Morgan fingerprint density at radius 3 is 0.939 bits per heavy atom. The molecule has 6 rings (SSSR count). The second-order valence-electron chi connectivity index (χ2n) is 8.23. The molecule has 2 aliphatic rings. The molecule has 160 valence electrons. The second-order valence-corrected chi connectivity index (χ2v) is 13.0. The predicted octanol–water partition coefficient (Wildman–Crippen LogP) is 5.80. The number of allylic oxidation sites excluding steroid dienone is 2. The van der Waals surface area contributed by atoms with Gasteiger partial charge in [-0.1, -0.05) is 133 Å². The first kappa shape index (κ1) is 20.8. The standard InChI is InChI=1S/C30H24OP2/c1-5-15-25(16-6-1)32(26-17-7-2-8-18-26)29-23-13-14-24-30(29,31-29)33(27-19-9-3-10-20-27)28-21-11-4-12-22-28/h1-24H. The lowest BCUT2D eigenvalue weighted by Crippen LogP contribution is -2.34. The van der Waals surface area contributed by atoms with E-state index in [1.54, 1.807) is 0 Å². The molecule has 4 aromatic rings. The van der Waals surface area contributed by atoms with Crippen LogP contribution in [0.4, 0.5) is 0 Å². The van der Waals surface area contributed by atoms with E-state index in [0.717, 1.165) is 0 Å². The summed E-state index contributed by atoms with van der Waals surface area (Å²) in [4.78, 5) is 0. The lowest BCUT2D eigenvalue weighted by Gasteiger charge is -2.32. The van der Waals surface area contributed by atoms with E-state index in [2.05, 4.69) is 146 Å². The first-order valence-electron chi connectivity index (χ1n) is 11.2. The Balaban J connectivity index is 1.56. The van der Waals surface area contributed by atoms with E-state index < -0.39 is 15.8 Å². The van der Waals surface area contributed by atoms with Crippen LogP contribution in [0, 0.1) is 0 Å². The van der Waals surface area contributed by atoms with E-state index in [4.69, 9.17) is 4.74 Å². The van der Waals surface area contributed by atoms with Crippen molar-refractivity contribution in [2.45, 2.75) is 10.7 Å². The molecule has 1 aliphatic carbocycles. The Morgan fingerprint density at radius 1 is 0.394 bits per heavy atom. The molecular formula is C30H24OP2. The lowest BCUT2D eigenvalue weighted by atomic mass is 10.2. The topological polar surface area (TPSA) is 12.5 Å². The first-order chi connectivity index (χ1) is 16.3. The van der Waals surface area contributed by atoms with Crippen molar-refractivity contribution in [2.24, 2.45) is 0 Å². The number of rotatable bonds is 6. The van der Waals surface area contributed by atoms with Gasteiger partial charge in [-0.2, -0.15) is 0 Å². The molecule has 3 heteroatoms. The van der Waals surface area contributed by atoms with Crippen molar-refractivity contribution < 1.29 is 4.74 Å². The van der Waals surface area contributed by atoms with Gasteiger partial charge in [-0.25, -0.2) is 0 Å². The van der Waals surface area contributed by atoms with E-state index in [0.29, 0.717) is 0 Å². The van der Waals surface area contributed by atoms with Gasteiger partial charge in [0.1, 0.15) is 0 Å². The molecule has 0 aromatic heterocycles. The van der Waals surface area contributed by atoms with Crippen LogP contribution in [0.2, 0.25) is 0 Å². The van der Waals surface area contributed by atoms with E-state index in [1.165, 1.54) is 21.2 Å². The summed E-state index contributed by atoms with van der Waals surface area (Å²) in [5.41, 5.74) is 0. The largest absolute Gasteiger partial charge is 0.342 e. The van der Waals surface area contributed by atoms with Gasteiger partial charge < -0.3 is 4.74 Å². The molecule has 1 heterocycles. The Labute approximate surface area is 198 Å². The maximum absolute atomic E-state index is 7.08. The van der Waals surface area contributed by atoms with Gasteiger partial charge >= 0.3 is 0 Å². The minimum Gasteiger partial charge on any atom is -0.342 e. The number of ether oxygens (including phenoxy) is 1. The minimum atomic E-state index is -0.783. The van der Waals surface area contributed by atoms with Crippen LogP contribution in [0.25, 0.3) is 0 Å². The summed E-state index contributed by atoms with van der Waals surface area (Å²) < 4.78 is 7.08. The summed E-state index contributed by atoms with van der Waals surface area (Å²) in [5.74, 6) is 0. The average Bonchev–Trinajstić information content (AvgIpc) is 3.57. The van der Waals surface area contributed by atoms with Crippen molar-refractivity contribution >= 4 is 37.1 Å². The molecule has 0 N–H and O–H groups in total. The van der Waals surface area contributed by atoms with Crippen LogP contribution in [-0.2, 0) is 4.74 Å². The zero-order valence-corrected chi connectivity index (χ0v) is 19.9. The van der Waals surface area contributed by atoms with E-state index >= 15 is 0 Å². The number of hydrogen-bond donors (Lipinski definition) is 0. The highest BCUT2D eigenvalue weighted by Crippen LogP contribution is 2.79. The molecule has 2 atom stereocenters. The summed E-state index contributed by atoms with van der Waals surface area (Å²) in [6, 6.07) is 43.7. The molecule has 2 unspecified atom stereocenters. The molecule has 1 fully saturated rings. The van der Waals surface area contributed by atoms with E-state index in [1.807, 2.05) is 0 Å². The van der Waals surface area contributed by atoms with Gasteiger partial charge in [0.15, 0.2) is 10.7 Å². The molecule has 1 nitrogen and oxygen atoms in total. The lowest BCUT2D eigenvalue weighted by molar-refractivity contribution is 0.383. The Kier molecular flexibility index (Phi) is 5.35. The van der Waals surface area contributed by atoms with Gasteiger partial charge in [0.05, 0.1) is 0 Å². The maximum Gasteiger partial charge on any atom is 0.152 e. The molecule has 0 bridgehead atoms. The van der Waals surface area contributed by atoms with Crippen LogP contribution in [0.3, 0.4) is 0 Å². The van der Waals surface area contributed by atoms with Crippen molar-refractivity contribution in [2.75, 3.05) is 0 Å². The maximum atomic E-state index is 7.08. The molecular weight excluding hydrogens is 438 g/mol. The molecule has 33 heavy (non-hydrogen) atoms. The summed E-state index contributed by atoms with van der Waals surface area (Å²) in [6.45, 7) is 0. The fraction of sp³-hybridized carbons (Fsp3) is 0.0667. The van der Waals surface area contributed by atoms with Crippen molar-refractivity contribution in [3.8, 4) is 0 Å². The van der Waals surface area contributed by atoms with Crippen LogP contribution in [-0.4, -0.2) is 10.7 Å². The van der Waals surface area contributed by atoms with Crippen molar-refractivity contribution in [1.29, 1.82) is 0 Å². The molecule has 0 amide bonds. The highest BCUT2D eigenvalue weighted by atomic mass is 31.1. The van der Waals surface area contributed by atoms with Gasteiger partial charge in [0.25, 0.3) is 0 Å². The third-order valence-electron chi connectivity index (χ3n) is 6.26. The SMILES string of the molecule is C1=CC2(P(c3ccccc3)c3ccccc3)OC2(P(c2ccccc2)c2ccccc2)C=C1. The predicted molar refractivity (Wildman–Crippen MR) is 143 cm³/mol. The van der Waals surface area contributed by atoms with Crippen molar-refractivity contribution in [3.63, 3.8) is 0 Å². The van der Waals surface area contributed by atoms with Gasteiger partial charge in [-0.3, -0.25) is 0 Å². The zero-order chi connectivity index (χ0) is 22.1. The van der Waals surface area contributed by atoms with Crippen molar-refractivity contribution in [1.82, 2.24) is 0 Å². The van der Waals surface area contributed by atoms with Crippen molar-refractivity contribution in [3.05, 3.63) is 146 Å². The molecule has 0 saturated carbocycles. The Hall–Kier alpha value is -2.82. The fourth-order valence-corrected chi connectivity index (χ4v) is 11.2. The molecule has 1 saturated heterocycles. The third-order valence-corrected chi connectivity index (χ3v) is 12.2. The van der Waals surface area contributed by atoms with Gasteiger partial charge in [-0.05, 0) is 49.2 Å². The number of fused-ring (bicyclic) bond motifs is 1. The summed E-state index contributed by atoms with van der Waals surface area (Å²) in [5, 5.41) is 4.62. The highest BCUT2D eigenvalue weighted by Gasteiger charge is 2.75. The summed E-state index contributed by atoms with van der Waals surface area (Å²) in [6.07, 6.45) is 9.02. The number of epoxide rings is 1. The molecule has 1 aliphatic heterocycles. The molecule has 4 aromatic carbocycles. The molecule has 0 radical (unpaired) electrons. The highest BCUT2D eigenvalue weighted by molar-refractivity contribution is 7.79. The number of benzene rings is 4. The van der Waals surface area contributed by atoms with Crippen LogP contribution < -0.4 is 21.2 Å². The van der Waals surface area contributed by atoms with Crippen LogP contribution >= 0.6 is 15.8 Å². The summed E-state index contributed by atoms with van der Waals surface area (Å²) in [7, 11) is -1.57. The Morgan fingerprint density at radius 2 is 0.667 bits per heavy atom. The smallest absolute Gasteiger partial charge is 0.152 e. The van der Waals surface area contributed by atoms with E-state index in [-0.39, 0.29) is 10.7 Å². The normalized spacial score (nSPS) is 23.0. The van der Waals surface area contributed by atoms with E-state index in [9.17, 15) is 0 Å². The van der Waals surface area contributed by atoms with Gasteiger partial charge in [-0.15, -0.1) is 0 Å².